The molecule has 0 aliphatic rings. The minimum atomic E-state index is -0.371. The third-order valence-corrected chi connectivity index (χ3v) is 3.21. The van der Waals surface area contributed by atoms with Crippen molar-refractivity contribution >= 4 is 27.5 Å². The highest BCUT2D eigenvalue weighted by Crippen LogP contribution is 2.21. The molecular formula is C15H13BrFNO2. The molecule has 1 amide bonds. The van der Waals surface area contributed by atoms with Crippen LogP contribution in [0.2, 0.25) is 0 Å². The molecule has 20 heavy (non-hydrogen) atoms. The van der Waals surface area contributed by atoms with E-state index in [4.69, 9.17) is 4.74 Å². The second-order valence-corrected chi connectivity index (χ2v) is 4.89. The molecule has 0 aliphatic heterocycles. The fraction of sp³-hybridized carbons (Fsp3) is 0.133. The van der Waals surface area contributed by atoms with Crippen LogP contribution in [0.5, 0.6) is 5.75 Å². The number of nitrogens with one attached hydrogen (secondary N) is 1. The number of hydrogen-bond acceptors (Lipinski definition) is 2. The largest absolute Gasteiger partial charge is 0.494 e. The van der Waals surface area contributed by atoms with Gasteiger partial charge in [0.15, 0.2) is 0 Å². The molecule has 1 N–H and O–H groups in total. The smallest absolute Gasteiger partial charge is 0.255 e. The molecule has 0 spiro atoms. The summed E-state index contributed by atoms with van der Waals surface area (Å²) in [5, 5.41) is 2.70. The summed E-state index contributed by atoms with van der Waals surface area (Å²) < 4.78 is 18.7. The van der Waals surface area contributed by atoms with Gasteiger partial charge in [-0.15, -0.1) is 0 Å². The van der Waals surface area contributed by atoms with Gasteiger partial charge in [-0.1, -0.05) is 0 Å². The molecule has 0 aromatic heterocycles. The number of ether oxygens (including phenoxy) is 1. The Morgan fingerprint density at radius 2 is 1.95 bits per heavy atom. The molecule has 104 valence electrons. The van der Waals surface area contributed by atoms with Gasteiger partial charge in [-0.05, 0) is 65.3 Å². The standard InChI is InChI=1S/C15H13BrFNO2/c1-2-20-12-6-3-10(4-7-12)15(19)18-11-5-8-14(17)13(16)9-11/h3-9H,2H2,1H3,(H,18,19). The zero-order valence-corrected chi connectivity index (χ0v) is 12.4. The Balaban J connectivity index is 2.09. The van der Waals surface area contributed by atoms with Crippen LogP contribution < -0.4 is 10.1 Å². The SMILES string of the molecule is CCOc1ccc(C(=O)Nc2ccc(F)c(Br)c2)cc1. The summed E-state index contributed by atoms with van der Waals surface area (Å²) in [7, 11) is 0. The molecule has 0 atom stereocenters. The lowest BCUT2D eigenvalue weighted by Crippen LogP contribution is -2.11. The highest BCUT2D eigenvalue weighted by Gasteiger charge is 2.07. The second-order valence-electron chi connectivity index (χ2n) is 4.04. The fourth-order valence-electron chi connectivity index (χ4n) is 1.65. The molecule has 2 aromatic rings. The Labute approximate surface area is 124 Å². The zero-order chi connectivity index (χ0) is 14.5. The third-order valence-electron chi connectivity index (χ3n) is 2.60. The Morgan fingerprint density at radius 1 is 1.25 bits per heavy atom. The lowest BCUT2D eigenvalue weighted by molar-refractivity contribution is 0.102. The van der Waals surface area contributed by atoms with Crippen molar-refractivity contribution in [1.82, 2.24) is 0 Å². The van der Waals surface area contributed by atoms with Gasteiger partial charge >= 0.3 is 0 Å². The van der Waals surface area contributed by atoms with Gasteiger partial charge in [-0.3, -0.25) is 4.79 Å². The van der Waals surface area contributed by atoms with Crippen molar-refractivity contribution in [1.29, 1.82) is 0 Å². The predicted octanol–water partition coefficient (Wildman–Crippen LogP) is 4.24. The molecule has 5 heteroatoms. The summed E-state index contributed by atoms with van der Waals surface area (Å²) in [6, 6.07) is 11.1. The van der Waals surface area contributed by atoms with E-state index in [1.165, 1.54) is 18.2 Å². The van der Waals surface area contributed by atoms with E-state index >= 15 is 0 Å². The van der Waals surface area contributed by atoms with Crippen molar-refractivity contribution in [2.75, 3.05) is 11.9 Å². The average Bonchev–Trinajstić information content (AvgIpc) is 2.44. The van der Waals surface area contributed by atoms with Crippen LogP contribution in [0.4, 0.5) is 10.1 Å². The molecule has 0 saturated carbocycles. The summed E-state index contributed by atoms with van der Waals surface area (Å²) >= 11 is 3.08. The van der Waals surface area contributed by atoms with E-state index in [0.717, 1.165) is 0 Å². The van der Waals surface area contributed by atoms with Gasteiger partial charge in [0.05, 0.1) is 11.1 Å². The van der Waals surface area contributed by atoms with E-state index in [1.54, 1.807) is 24.3 Å². The number of halogens is 2. The lowest BCUT2D eigenvalue weighted by atomic mass is 10.2. The van der Waals surface area contributed by atoms with Gasteiger partial charge in [0, 0.05) is 11.3 Å². The minimum absolute atomic E-state index is 0.258. The monoisotopic (exact) mass is 337 g/mol. The Kier molecular flexibility index (Phi) is 4.74. The molecular weight excluding hydrogens is 325 g/mol. The first-order valence-electron chi connectivity index (χ1n) is 6.09. The molecule has 0 unspecified atom stereocenters. The number of carbonyl (C=O) groups is 1. The normalized spacial score (nSPS) is 10.2. The maximum atomic E-state index is 13.1. The van der Waals surface area contributed by atoms with E-state index in [9.17, 15) is 9.18 Å². The number of benzene rings is 2. The van der Waals surface area contributed by atoms with Crippen molar-refractivity contribution < 1.29 is 13.9 Å². The maximum absolute atomic E-state index is 13.1. The first-order valence-corrected chi connectivity index (χ1v) is 6.88. The molecule has 2 rings (SSSR count). The Bertz CT molecular complexity index is 614. The minimum Gasteiger partial charge on any atom is -0.494 e. The summed E-state index contributed by atoms with van der Waals surface area (Å²) in [6.45, 7) is 2.47. The van der Waals surface area contributed by atoms with Gasteiger partial charge in [-0.25, -0.2) is 4.39 Å². The number of rotatable bonds is 4. The highest BCUT2D eigenvalue weighted by molar-refractivity contribution is 9.10. The summed E-state index contributed by atoms with van der Waals surface area (Å²) in [6.07, 6.45) is 0. The van der Waals surface area contributed by atoms with Gasteiger partial charge in [-0.2, -0.15) is 0 Å². The van der Waals surface area contributed by atoms with Crippen LogP contribution in [0.3, 0.4) is 0 Å². The van der Waals surface area contributed by atoms with Gasteiger partial charge in [0.1, 0.15) is 11.6 Å². The molecule has 0 aliphatic carbocycles. The fourth-order valence-corrected chi connectivity index (χ4v) is 2.03. The van der Waals surface area contributed by atoms with E-state index < -0.39 is 0 Å². The Morgan fingerprint density at radius 3 is 2.55 bits per heavy atom. The Hall–Kier alpha value is -1.88. The van der Waals surface area contributed by atoms with Crippen LogP contribution in [0, 0.1) is 5.82 Å². The first kappa shape index (κ1) is 14.5. The van der Waals surface area contributed by atoms with Crippen molar-refractivity contribution in [3.8, 4) is 5.75 Å². The predicted molar refractivity (Wildman–Crippen MR) is 79.7 cm³/mol. The van der Waals surface area contributed by atoms with Crippen molar-refractivity contribution in [2.24, 2.45) is 0 Å². The number of hydrogen-bond donors (Lipinski definition) is 1. The summed E-state index contributed by atoms with van der Waals surface area (Å²) in [5.74, 6) is 0.0872. The van der Waals surface area contributed by atoms with Gasteiger partial charge < -0.3 is 10.1 Å². The van der Waals surface area contributed by atoms with Crippen LogP contribution in [-0.2, 0) is 0 Å². The molecule has 0 radical (unpaired) electrons. The quantitative estimate of drug-likeness (QED) is 0.906. The van der Waals surface area contributed by atoms with Crippen molar-refractivity contribution in [2.45, 2.75) is 6.92 Å². The van der Waals surface area contributed by atoms with Crippen molar-refractivity contribution in [3.63, 3.8) is 0 Å². The van der Waals surface area contributed by atoms with E-state index in [1.807, 2.05) is 6.92 Å². The molecule has 0 fully saturated rings. The number of carbonyl (C=O) groups excluding carboxylic acids is 1. The number of amides is 1. The van der Waals surface area contributed by atoms with Crippen molar-refractivity contribution in [3.05, 3.63) is 58.3 Å². The van der Waals surface area contributed by atoms with E-state index in [0.29, 0.717) is 28.1 Å². The zero-order valence-electron chi connectivity index (χ0n) is 10.8. The molecule has 2 aromatic carbocycles. The summed E-state index contributed by atoms with van der Waals surface area (Å²) in [5.41, 5.74) is 1.03. The van der Waals surface area contributed by atoms with E-state index in [2.05, 4.69) is 21.2 Å². The second kappa shape index (κ2) is 6.52. The van der Waals surface area contributed by atoms with Crippen LogP contribution in [0.15, 0.2) is 46.9 Å². The van der Waals surface area contributed by atoms with E-state index in [-0.39, 0.29) is 11.7 Å². The van der Waals surface area contributed by atoms with Gasteiger partial charge in [0.2, 0.25) is 0 Å². The topological polar surface area (TPSA) is 38.3 Å². The first-order chi connectivity index (χ1) is 9.60. The molecule has 0 bridgehead atoms. The molecule has 0 heterocycles. The summed E-state index contributed by atoms with van der Waals surface area (Å²) in [4.78, 5) is 12.0. The average molecular weight is 338 g/mol. The van der Waals surface area contributed by atoms with Crippen LogP contribution >= 0.6 is 15.9 Å². The molecule has 0 saturated heterocycles. The third kappa shape index (κ3) is 3.57. The number of anilines is 1. The lowest BCUT2D eigenvalue weighted by Gasteiger charge is -2.07. The van der Waals surface area contributed by atoms with Crippen LogP contribution in [0.1, 0.15) is 17.3 Å². The van der Waals surface area contributed by atoms with Gasteiger partial charge in [0.25, 0.3) is 5.91 Å². The molecule has 3 nitrogen and oxygen atoms in total. The maximum Gasteiger partial charge on any atom is 0.255 e. The van der Waals surface area contributed by atoms with Crippen LogP contribution in [-0.4, -0.2) is 12.5 Å². The van der Waals surface area contributed by atoms with Crippen LogP contribution in [0.25, 0.3) is 0 Å². The highest BCUT2D eigenvalue weighted by atomic mass is 79.9.